The van der Waals surface area contributed by atoms with Gasteiger partial charge in [-0.25, -0.2) is 0 Å². The SMILES string of the molecule is CN(CCOc1ccc(B(O)O)cc1)CC(C)(C)C. The molecule has 0 saturated carbocycles. The molecule has 106 valence electrons. The maximum absolute atomic E-state index is 8.98. The van der Waals surface area contributed by atoms with E-state index in [1.54, 1.807) is 24.3 Å². The summed E-state index contributed by atoms with van der Waals surface area (Å²) in [5.41, 5.74) is 0.755. The van der Waals surface area contributed by atoms with Gasteiger partial charge in [-0.1, -0.05) is 32.9 Å². The van der Waals surface area contributed by atoms with E-state index in [0.717, 1.165) is 18.8 Å². The first-order chi connectivity index (χ1) is 8.78. The first-order valence-electron chi connectivity index (χ1n) is 6.55. The van der Waals surface area contributed by atoms with E-state index in [9.17, 15) is 0 Å². The van der Waals surface area contributed by atoms with Crippen LogP contribution in [0.2, 0.25) is 0 Å². The van der Waals surface area contributed by atoms with Crippen molar-refractivity contribution in [2.45, 2.75) is 20.8 Å². The molecule has 0 heterocycles. The maximum atomic E-state index is 8.98. The van der Waals surface area contributed by atoms with Crippen molar-refractivity contribution in [3.05, 3.63) is 24.3 Å². The standard InChI is InChI=1S/C14H24BNO3/c1-14(2,3)11-16(4)9-10-19-13-7-5-12(6-8-13)15(17)18/h5-8,17-18H,9-11H2,1-4H3. The third-order valence-electron chi connectivity index (χ3n) is 2.66. The average Bonchev–Trinajstić information content (AvgIpc) is 2.27. The van der Waals surface area contributed by atoms with Crippen molar-refractivity contribution in [1.82, 2.24) is 4.90 Å². The van der Waals surface area contributed by atoms with Gasteiger partial charge in [-0.2, -0.15) is 0 Å². The molecular formula is C14H24BNO3. The highest BCUT2D eigenvalue weighted by molar-refractivity contribution is 6.58. The van der Waals surface area contributed by atoms with Crippen molar-refractivity contribution in [3.8, 4) is 5.75 Å². The normalized spacial score (nSPS) is 11.7. The number of ether oxygens (including phenoxy) is 1. The van der Waals surface area contributed by atoms with Gasteiger partial charge in [0.15, 0.2) is 0 Å². The van der Waals surface area contributed by atoms with Crippen molar-refractivity contribution in [3.63, 3.8) is 0 Å². The monoisotopic (exact) mass is 265 g/mol. The van der Waals surface area contributed by atoms with Crippen molar-refractivity contribution >= 4 is 12.6 Å². The maximum Gasteiger partial charge on any atom is 0.488 e. The minimum Gasteiger partial charge on any atom is -0.492 e. The summed E-state index contributed by atoms with van der Waals surface area (Å²) in [6, 6.07) is 6.80. The smallest absolute Gasteiger partial charge is 0.488 e. The fourth-order valence-corrected chi connectivity index (χ4v) is 1.94. The zero-order chi connectivity index (χ0) is 14.5. The fraction of sp³-hybridized carbons (Fsp3) is 0.571. The number of hydrogen-bond acceptors (Lipinski definition) is 4. The van der Waals surface area contributed by atoms with Crippen LogP contribution in [0.5, 0.6) is 5.75 Å². The summed E-state index contributed by atoms with van der Waals surface area (Å²) in [5.74, 6) is 0.744. The number of likely N-dealkylation sites (N-methyl/N-ethyl adjacent to an activating group) is 1. The molecule has 2 N–H and O–H groups in total. The molecule has 0 amide bonds. The summed E-state index contributed by atoms with van der Waals surface area (Å²) < 4.78 is 5.62. The van der Waals surface area contributed by atoms with E-state index in [-0.39, 0.29) is 5.41 Å². The van der Waals surface area contributed by atoms with Crippen molar-refractivity contribution in [2.75, 3.05) is 26.7 Å². The van der Waals surface area contributed by atoms with Crippen molar-refractivity contribution in [1.29, 1.82) is 0 Å². The Morgan fingerprint density at radius 2 is 1.74 bits per heavy atom. The molecule has 1 aromatic carbocycles. The quantitative estimate of drug-likeness (QED) is 0.744. The zero-order valence-electron chi connectivity index (χ0n) is 12.3. The molecule has 0 atom stereocenters. The zero-order valence-corrected chi connectivity index (χ0v) is 12.3. The molecule has 1 rings (SSSR count). The summed E-state index contributed by atoms with van der Waals surface area (Å²) in [4.78, 5) is 2.24. The Bertz CT molecular complexity index is 373. The van der Waals surface area contributed by atoms with E-state index >= 15 is 0 Å². The Hall–Kier alpha value is -1.04. The molecule has 0 aliphatic rings. The fourth-order valence-electron chi connectivity index (χ4n) is 1.94. The highest BCUT2D eigenvalue weighted by Gasteiger charge is 2.13. The van der Waals surface area contributed by atoms with Gasteiger partial charge in [-0.05, 0) is 30.1 Å². The second-order valence-electron chi connectivity index (χ2n) is 6.09. The lowest BCUT2D eigenvalue weighted by Gasteiger charge is -2.26. The molecule has 0 bridgehead atoms. The lowest BCUT2D eigenvalue weighted by atomic mass is 9.80. The Kier molecular flexibility index (Phi) is 5.85. The molecular weight excluding hydrogens is 241 g/mol. The van der Waals surface area contributed by atoms with Crippen LogP contribution in [0.15, 0.2) is 24.3 Å². The van der Waals surface area contributed by atoms with Crippen LogP contribution < -0.4 is 10.2 Å². The molecule has 0 radical (unpaired) electrons. The van der Waals surface area contributed by atoms with Crippen LogP contribution in [0.25, 0.3) is 0 Å². The Morgan fingerprint density at radius 3 is 2.21 bits per heavy atom. The van der Waals surface area contributed by atoms with Gasteiger partial charge in [0.05, 0.1) is 0 Å². The molecule has 0 aliphatic carbocycles. The molecule has 1 aromatic rings. The van der Waals surface area contributed by atoms with Gasteiger partial charge in [0.25, 0.3) is 0 Å². The van der Waals surface area contributed by atoms with E-state index < -0.39 is 7.12 Å². The highest BCUT2D eigenvalue weighted by atomic mass is 16.5. The summed E-state index contributed by atoms with van der Waals surface area (Å²) in [5, 5.41) is 18.0. The minimum absolute atomic E-state index is 0.285. The first-order valence-corrected chi connectivity index (χ1v) is 6.55. The number of hydrogen-bond donors (Lipinski definition) is 2. The van der Waals surface area contributed by atoms with Crippen LogP contribution >= 0.6 is 0 Å². The second kappa shape index (κ2) is 6.94. The Labute approximate surface area is 116 Å². The molecule has 0 unspecified atom stereocenters. The van der Waals surface area contributed by atoms with Crippen LogP contribution in [0.3, 0.4) is 0 Å². The summed E-state index contributed by atoms with van der Waals surface area (Å²) >= 11 is 0. The molecule has 0 saturated heterocycles. The summed E-state index contributed by atoms with van der Waals surface area (Å²) in [6.45, 7) is 9.14. The molecule has 5 heteroatoms. The predicted octanol–water partition coefficient (Wildman–Crippen LogP) is 0.723. The van der Waals surface area contributed by atoms with Gasteiger partial charge in [-0.3, -0.25) is 0 Å². The van der Waals surface area contributed by atoms with E-state index in [1.165, 1.54) is 0 Å². The summed E-state index contributed by atoms with van der Waals surface area (Å²) in [7, 11) is 0.659. The Balaban J connectivity index is 2.33. The van der Waals surface area contributed by atoms with Gasteiger partial charge >= 0.3 is 7.12 Å². The topological polar surface area (TPSA) is 52.9 Å². The molecule has 0 fully saturated rings. The van der Waals surface area contributed by atoms with E-state index in [1.807, 2.05) is 0 Å². The van der Waals surface area contributed by atoms with E-state index in [2.05, 4.69) is 32.7 Å². The van der Waals surface area contributed by atoms with Crippen LogP contribution in [-0.2, 0) is 0 Å². The average molecular weight is 265 g/mol. The van der Waals surface area contributed by atoms with Crippen LogP contribution in [0, 0.1) is 5.41 Å². The predicted molar refractivity (Wildman–Crippen MR) is 78.7 cm³/mol. The van der Waals surface area contributed by atoms with Gasteiger partial charge < -0.3 is 19.7 Å². The molecule has 19 heavy (non-hydrogen) atoms. The van der Waals surface area contributed by atoms with Crippen LogP contribution in [0.1, 0.15) is 20.8 Å². The van der Waals surface area contributed by atoms with Gasteiger partial charge in [-0.15, -0.1) is 0 Å². The highest BCUT2D eigenvalue weighted by Crippen LogP contribution is 2.14. The first kappa shape index (κ1) is 16.0. The summed E-state index contributed by atoms with van der Waals surface area (Å²) in [6.07, 6.45) is 0. The van der Waals surface area contributed by atoms with Gasteiger partial charge in [0.1, 0.15) is 12.4 Å². The van der Waals surface area contributed by atoms with Crippen LogP contribution in [-0.4, -0.2) is 48.8 Å². The lowest BCUT2D eigenvalue weighted by Crippen LogP contribution is -2.32. The number of rotatable bonds is 6. The van der Waals surface area contributed by atoms with Crippen molar-refractivity contribution < 1.29 is 14.8 Å². The van der Waals surface area contributed by atoms with Gasteiger partial charge in [0, 0.05) is 13.1 Å². The minimum atomic E-state index is -1.42. The van der Waals surface area contributed by atoms with Gasteiger partial charge in [0.2, 0.25) is 0 Å². The number of benzene rings is 1. The molecule has 0 aliphatic heterocycles. The molecule has 4 nitrogen and oxygen atoms in total. The molecule has 0 aromatic heterocycles. The van der Waals surface area contributed by atoms with Crippen molar-refractivity contribution in [2.24, 2.45) is 5.41 Å². The second-order valence-corrected chi connectivity index (χ2v) is 6.09. The third-order valence-corrected chi connectivity index (χ3v) is 2.66. The Morgan fingerprint density at radius 1 is 1.16 bits per heavy atom. The third kappa shape index (κ3) is 6.62. The largest absolute Gasteiger partial charge is 0.492 e. The van der Waals surface area contributed by atoms with Crippen LogP contribution in [0.4, 0.5) is 0 Å². The van der Waals surface area contributed by atoms with E-state index in [0.29, 0.717) is 12.1 Å². The lowest BCUT2D eigenvalue weighted by molar-refractivity contribution is 0.188. The molecule has 0 spiro atoms. The van der Waals surface area contributed by atoms with E-state index in [4.69, 9.17) is 14.8 Å². The number of nitrogens with zero attached hydrogens (tertiary/aromatic N) is 1.